The molecule has 18 heavy (non-hydrogen) atoms. The second-order valence-corrected chi connectivity index (χ2v) is 6.20. The third kappa shape index (κ3) is 2.82. The first-order valence-corrected chi connectivity index (χ1v) is 7.58. The fourth-order valence-electron chi connectivity index (χ4n) is 2.62. The Bertz CT molecular complexity index is 483. The minimum Gasteiger partial charge on any atom is -0.317 e. The van der Waals surface area contributed by atoms with Gasteiger partial charge in [0.25, 0.3) is 0 Å². The lowest BCUT2D eigenvalue weighted by Crippen LogP contribution is -2.28. The van der Waals surface area contributed by atoms with Gasteiger partial charge in [-0.15, -0.1) is 11.3 Å². The summed E-state index contributed by atoms with van der Waals surface area (Å²) in [5.74, 6) is 0.883. The van der Waals surface area contributed by atoms with Crippen LogP contribution in [0.1, 0.15) is 17.7 Å². The van der Waals surface area contributed by atoms with Crippen molar-refractivity contribution in [1.29, 1.82) is 0 Å². The molecule has 1 aliphatic heterocycles. The molecular formula is C16H19NS. The maximum atomic E-state index is 3.43. The van der Waals surface area contributed by atoms with Crippen LogP contribution in [0.3, 0.4) is 0 Å². The Labute approximate surface area is 113 Å². The van der Waals surface area contributed by atoms with Crippen LogP contribution in [0.2, 0.25) is 0 Å². The molecule has 0 amide bonds. The van der Waals surface area contributed by atoms with E-state index in [1.807, 2.05) is 11.3 Å². The molecule has 2 heterocycles. The van der Waals surface area contributed by atoms with Crippen LogP contribution < -0.4 is 5.32 Å². The van der Waals surface area contributed by atoms with Crippen LogP contribution in [0.5, 0.6) is 0 Å². The van der Waals surface area contributed by atoms with E-state index in [2.05, 4.69) is 47.8 Å². The highest BCUT2D eigenvalue weighted by Gasteiger charge is 2.14. The van der Waals surface area contributed by atoms with Gasteiger partial charge in [-0.1, -0.05) is 30.3 Å². The lowest BCUT2D eigenvalue weighted by molar-refractivity contribution is 0.374. The number of rotatable bonds is 3. The van der Waals surface area contributed by atoms with E-state index in [0.717, 1.165) is 5.92 Å². The average Bonchev–Trinajstić information content (AvgIpc) is 2.89. The van der Waals surface area contributed by atoms with Gasteiger partial charge < -0.3 is 5.32 Å². The molecule has 1 aliphatic rings. The van der Waals surface area contributed by atoms with Gasteiger partial charge in [0.2, 0.25) is 0 Å². The van der Waals surface area contributed by atoms with Gasteiger partial charge in [-0.2, -0.15) is 0 Å². The van der Waals surface area contributed by atoms with Crippen LogP contribution in [0.15, 0.2) is 42.5 Å². The van der Waals surface area contributed by atoms with Crippen molar-refractivity contribution >= 4 is 11.3 Å². The summed E-state index contributed by atoms with van der Waals surface area (Å²) in [4.78, 5) is 2.94. The van der Waals surface area contributed by atoms with Gasteiger partial charge in [-0.05, 0) is 56.0 Å². The van der Waals surface area contributed by atoms with E-state index < -0.39 is 0 Å². The zero-order chi connectivity index (χ0) is 12.2. The zero-order valence-corrected chi connectivity index (χ0v) is 11.4. The molecule has 1 nitrogen and oxygen atoms in total. The molecule has 1 aromatic heterocycles. The van der Waals surface area contributed by atoms with Crippen LogP contribution in [0.25, 0.3) is 10.4 Å². The van der Waals surface area contributed by atoms with Gasteiger partial charge in [0.1, 0.15) is 0 Å². The van der Waals surface area contributed by atoms with Crippen molar-refractivity contribution in [3.05, 3.63) is 47.3 Å². The van der Waals surface area contributed by atoms with Crippen LogP contribution in [-0.2, 0) is 6.42 Å². The zero-order valence-electron chi connectivity index (χ0n) is 10.6. The molecule has 1 N–H and O–H groups in total. The molecule has 0 saturated carbocycles. The van der Waals surface area contributed by atoms with E-state index in [1.165, 1.54) is 42.8 Å². The van der Waals surface area contributed by atoms with Crippen molar-refractivity contribution in [1.82, 2.24) is 5.32 Å². The summed E-state index contributed by atoms with van der Waals surface area (Å²) in [6.45, 7) is 2.39. The lowest BCUT2D eigenvalue weighted by Gasteiger charge is -2.21. The minimum absolute atomic E-state index is 0.883. The topological polar surface area (TPSA) is 12.0 Å². The monoisotopic (exact) mass is 257 g/mol. The van der Waals surface area contributed by atoms with E-state index in [1.54, 1.807) is 4.88 Å². The molecule has 3 rings (SSSR count). The number of nitrogens with one attached hydrogen (secondary N) is 1. The lowest BCUT2D eigenvalue weighted by atomic mass is 9.94. The summed E-state index contributed by atoms with van der Waals surface area (Å²) in [6.07, 6.45) is 3.93. The molecule has 0 radical (unpaired) electrons. The van der Waals surface area contributed by atoms with Crippen molar-refractivity contribution in [2.45, 2.75) is 19.3 Å². The van der Waals surface area contributed by atoms with Crippen LogP contribution in [-0.4, -0.2) is 13.1 Å². The van der Waals surface area contributed by atoms with Gasteiger partial charge in [-0.25, -0.2) is 0 Å². The van der Waals surface area contributed by atoms with E-state index >= 15 is 0 Å². The summed E-state index contributed by atoms with van der Waals surface area (Å²) in [5, 5.41) is 3.43. The highest BCUT2D eigenvalue weighted by molar-refractivity contribution is 7.15. The average molecular weight is 257 g/mol. The van der Waals surface area contributed by atoms with E-state index in [-0.39, 0.29) is 0 Å². The third-order valence-electron chi connectivity index (χ3n) is 3.67. The number of hydrogen-bond acceptors (Lipinski definition) is 2. The van der Waals surface area contributed by atoms with Gasteiger partial charge in [0, 0.05) is 9.75 Å². The Hall–Kier alpha value is -1.12. The van der Waals surface area contributed by atoms with Gasteiger partial charge in [-0.3, -0.25) is 0 Å². The van der Waals surface area contributed by atoms with Crippen LogP contribution in [0.4, 0.5) is 0 Å². The molecule has 0 bridgehead atoms. The SMILES string of the molecule is c1ccc(-c2ccc(CC3CCNCC3)s2)cc1. The Morgan fingerprint density at radius 1 is 1.00 bits per heavy atom. The number of piperidine rings is 1. The van der Waals surface area contributed by atoms with Gasteiger partial charge >= 0.3 is 0 Å². The fourth-order valence-corrected chi connectivity index (χ4v) is 3.74. The van der Waals surface area contributed by atoms with Crippen molar-refractivity contribution in [3.63, 3.8) is 0 Å². The summed E-state index contributed by atoms with van der Waals surface area (Å²) < 4.78 is 0. The quantitative estimate of drug-likeness (QED) is 0.877. The molecule has 2 aromatic rings. The highest BCUT2D eigenvalue weighted by atomic mass is 32.1. The molecule has 1 fully saturated rings. The number of benzene rings is 1. The van der Waals surface area contributed by atoms with Gasteiger partial charge in [0.15, 0.2) is 0 Å². The van der Waals surface area contributed by atoms with Crippen molar-refractivity contribution in [2.75, 3.05) is 13.1 Å². The van der Waals surface area contributed by atoms with Crippen molar-refractivity contribution < 1.29 is 0 Å². The number of hydrogen-bond donors (Lipinski definition) is 1. The Morgan fingerprint density at radius 2 is 1.78 bits per heavy atom. The smallest absolute Gasteiger partial charge is 0.0345 e. The van der Waals surface area contributed by atoms with Crippen molar-refractivity contribution in [2.24, 2.45) is 5.92 Å². The Balaban J connectivity index is 1.69. The molecular weight excluding hydrogens is 238 g/mol. The maximum Gasteiger partial charge on any atom is 0.0345 e. The van der Waals surface area contributed by atoms with Crippen LogP contribution >= 0.6 is 11.3 Å². The number of thiophene rings is 1. The Kier molecular flexibility index (Phi) is 3.77. The molecule has 0 atom stereocenters. The molecule has 1 saturated heterocycles. The second-order valence-electron chi connectivity index (χ2n) is 5.03. The predicted octanol–water partition coefficient (Wildman–Crippen LogP) is 3.96. The Morgan fingerprint density at radius 3 is 2.56 bits per heavy atom. The standard InChI is InChI=1S/C16H19NS/c1-2-4-14(5-3-1)16-7-6-15(18-16)12-13-8-10-17-11-9-13/h1-7,13,17H,8-12H2. The normalized spacial score (nSPS) is 16.9. The first-order valence-electron chi connectivity index (χ1n) is 6.77. The molecule has 1 aromatic carbocycles. The summed E-state index contributed by atoms with van der Waals surface area (Å²) in [5.41, 5.74) is 1.35. The van der Waals surface area contributed by atoms with E-state index in [9.17, 15) is 0 Å². The third-order valence-corrected chi connectivity index (χ3v) is 4.83. The van der Waals surface area contributed by atoms with E-state index in [4.69, 9.17) is 0 Å². The summed E-state index contributed by atoms with van der Waals surface area (Å²) in [6, 6.07) is 15.3. The predicted molar refractivity (Wildman–Crippen MR) is 79.1 cm³/mol. The summed E-state index contributed by atoms with van der Waals surface area (Å²) in [7, 11) is 0. The maximum absolute atomic E-state index is 3.43. The summed E-state index contributed by atoms with van der Waals surface area (Å²) >= 11 is 1.96. The van der Waals surface area contributed by atoms with E-state index in [0.29, 0.717) is 0 Å². The molecule has 0 unspecified atom stereocenters. The highest BCUT2D eigenvalue weighted by Crippen LogP contribution is 2.30. The fraction of sp³-hybridized carbons (Fsp3) is 0.375. The molecule has 94 valence electrons. The molecule has 0 aliphatic carbocycles. The molecule has 0 spiro atoms. The largest absolute Gasteiger partial charge is 0.317 e. The first-order chi connectivity index (χ1) is 8.92. The first kappa shape index (κ1) is 11.9. The van der Waals surface area contributed by atoms with Gasteiger partial charge in [0.05, 0.1) is 0 Å². The van der Waals surface area contributed by atoms with Crippen LogP contribution in [0, 0.1) is 5.92 Å². The second kappa shape index (κ2) is 5.68. The molecule has 2 heteroatoms. The minimum atomic E-state index is 0.883. The van der Waals surface area contributed by atoms with Crippen molar-refractivity contribution in [3.8, 4) is 10.4 Å².